The third-order valence-electron chi connectivity index (χ3n) is 7.34. The van der Waals surface area contributed by atoms with E-state index in [1.54, 1.807) is 57.4 Å². The molecular formula is C34H39N5O6S. The molecule has 1 aliphatic heterocycles. The molecule has 1 unspecified atom stereocenters. The number of rotatable bonds is 9. The van der Waals surface area contributed by atoms with Gasteiger partial charge in [-0.15, -0.1) is 0 Å². The van der Waals surface area contributed by atoms with Crippen molar-refractivity contribution in [2.75, 3.05) is 19.6 Å². The maximum absolute atomic E-state index is 13.7. The Morgan fingerprint density at radius 1 is 1.09 bits per heavy atom. The monoisotopic (exact) mass is 645 g/mol. The third-order valence-corrected chi connectivity index (χ3v) is 8.49. The Morgan fingerprint density at radius 2 is 1.78 bits per heavy atom. The second-order valence-corrected chi connectivity index (χ2v) is 13.3. The van der Waals surface area contributed by atoms with Crippen molar-refractivity contribution in [3.05, 3.63) is 100 Å². The zero-order valence-electron chi connectivity index (χ0n) is 26.7. The lowest BCUT2D eigenvalue weighted by Gasteiger charge is -2.41. The first-order valence-corrected chi connectivity index (χ1v) is 15.8. The van der Waals surface area contributed by atoms with E-state index in [0.29, 0.717) is 10.5 Å². The molecule has 1 aliphatic rings. The quantitative estimate of drug-likeness (QED) is 0.169. The molecule has 1 aromatic heterocycles. The van der Waals surface area contributed by atoms with Gasteiger partial charge in [0.1, 0.15) is 11.6 Å². The summed E-state index contributed by atoms with van der Waals surface area (Å²) in [5.41, 5.74) is 1.32. The fourth-order valence-electron chi connectivity index (χ4n) is 4.96. The highest BCUT2D eigenvalue weighted by Crippen LogP contribution is 2.39. The van der Waals surface area contributed by atoms with Crippen LogP contribution in [0.15, 0.2) is 83.4 Å². The van der Waals surface area contributed by atoms with Gasteiger partial charge in [0.05, 0.1) is 16.4 Å². The summed E-state index contributed by atoms with van der Waals surface area (Å²) in [6.45, 7) is 13.6. The van der Waals surface area contributed by atoms with Crippen LogP contribution in [0, 0.1) is 10.1 Å². The first-order chi connectivity index (χ1) is 21.7. The normalized spacial score (nSPS) is 15.0. The van der Waals surface area contributed by atoms with Gasteiger partial charge in [0, 0.05) is 48.6 Å². The number of nitrogens with zero attached hydrogens (tertiary/aromatic N) is 4. The van der Waals surface area contributed by atoms with Crippen LogP contribution in [-0.4, -0.2) is 68.9 Å². The van der Waals surface area contributed by atoms with Crippen molar-refractivity contribution in [1.29, 1.82) is 0 Å². The highest BCUT2D eigenvalue weighted by atomic mass is 32.2. The van der Waals surface area contributed by atoms with Gasteiger partial charge >= 0.3 is 6.09 Å². The Morgan fingerprint density at radius 3 is 2.43 bits per heavy atom. The summed E-state index contributed by atoms with van der Waals surface area (Å²) < 4.78 is 5.55. The van der Waals surface area contributed by atoms with Gasteiger partial charge in [-0.05, 0) is 67.6 Å². The van der Waals surface area contributed by atoms with Crippen LogP contribution in [0.5, 0.6) is 0 Å². The molecule has 1 saturated heterocycles. The predicted molar refractivity (Wildman–Crippen MR) is 176 cm³/mol. The van der Waals surface area contributed by atoms with Gasteiger partial charge in [-0.25, -0.2) is 4.79 Å². The Bertz CT molecular complexity index is 1620. The van der Waals surface area contributed by atoms with Gasteiger partial charge in [-0.3, -0.25) is 29.6 Å². The number of nitro groups is 1. The topological polar surface area (TPSA) is 135 Å². The van der Waals surface area contributed by atoms with Crippen molar-refractivity contribution in [3.8, 4) is 0 Å². The number of nitro benzene ring substituents is 1. The smallest absolute Gasteiger partial charge is 0.411 e. The van der Waals surface area contributed by atoms with Crippen molar-refractivity contribution in [2.24, 2.45) is 0 Å². The average molecular weight is 646 g/mol. The number of benzene rings is 2. The highest BCUT2D eigenvalue weighted by Gasteiger charge is 2.39. The average Bonchev–Trinajstić information content (AvgIpc) is 3.02. The number of hydrogen-bond donors (Lipinski definition) is 1. The molecule has 0 saturated carbocycles. The Balaban J connectivity index is 1.54. The van der Waals surface area contributed by atoms with Crippen LogP contribution in [0.2, 0.25) is 0 Å². The minimum Gasteiger partial charge on any atom is -0.444 e. The number of ether oxygens (including phenoxy) is 1. The maximum Gasteiger partial charge on any atom is 0.411 e. The summed E-state index contributed by atoms with van der Waals surface area (Å²) in [5, 5.41) is 15.0. The second-order valence-electron chi connectivity index (χ2n) is 12.2. The minimum atomic E-state index is -1.03. The number of carbonyl (C=O) groups is 3. The number of pyridine rings is 1. The standard InChI is InChI=1S/C34H39N5O6S/c1-22(2)26-9-7-8-10-29(26)46-30-12-11-25(19-27(30)39(43)44)23(3)32(41)37-17-18-38(33(42)45-34(4,5)6)28(21-37)31(40)36-20-24-13-15-35-16-14-24/h7-16,19,22,28H,3,17-18,20-21H2,1-2,4-6H3,(H,36,40). The molecule has 2 aromatic carbocycles. The third kappa shape index (κ3) is 8.51. The molecule has 1 N–H and O–H groups in total. The summed E-state index contributed by atoms with van der Waals surface area (Å²) in [4.78, 5) is 60.0. The largest absolute Gasteiger partial charge is 0.444 e. The number of amides is 3. The number of nitrogens with one attached hydrogen (secondary N) is 1. The lowest BCUT2D eigenvalue weighted by molar-refractivity contribution is -0.387. The summed E-state index contributed by atoms with van der Waals surface area (Å²) in [7, 11) is 0. The predicted octanol–water partition coefficient (Wildman–Crippen LogP) is 6.04. The maximum atomic E-state index is 13.7. The number of aromatic nitrogens is 1. The van der Waals surface area contributed by atoms with E-state index >= 15 is 0 Å². The molecule has 11 nitrogen and oxygen atoms in total. The molecule has 3 amide bonds. The number of piperazine rings is 1. The van der Waals surface area contributed by atoms with Crippen molar-refractivity contribution in [2.45, 2.75) is 68.5 Å². The molecule has 0 spiro atoms. The van der Waals surface area contributed by atoms with Crippen molar-refractivity contribution >= 4 is 40.9 Å². The lowest BCUT2D eigenvalue weighted by atomic mass is 10.0. The van der Waals surface area contributed by atoms with Gasteiger partial charge in [0.15, 0.2) is 0 Å². The second kappa shape index (κ2) is 14.6. The van der Waals surface area contributed by atoms with E-state index in [-0.39, 0.29) is 43.4 Å². The molecule has 0 aliphatic carbocycles. The molecule has 12 heteroatoms. The van der Waals surface area contributed by atoms with Crippen LogP contribution in [0.25, 0.3) is 5.57 Å². The van der Waals surface area contributed by atoms with Crippen LogP contribution in [0.1, 0.15) is 57.2 Å². The zero-order chi connectivity index (χ0) is 33.6. The first kappa shape index (κ1) is 34.2. The van der Waals surface area contributed by atoms with Crippen LogP contribution in [0.3, 0.4) is 0 Å². The van der Waals surface area contributed by atoms with Gasteiger partial charge in [0.25, 0.3) is 11.6 Å². The molecule has 1 atom stereocenters. The molecule has 4 rings (SSSR count). The molecule has 0 radical (unpaired) electrons. The molecule has 242 valence electrons. The number of hydrogen-bond acceptors (Lipinski definition) is 8. The Hall–Kier alpha value is -4.71. The minimum absolute atomic E-state index is 0.0453. The molecule has 0 bridgehead atoms. The van der Waals surface area contributed by atoms with Crippen molar-refractivity contribution < 1.29 is 24.0 Å². The fourth-order valence-corrected chi connectivity index (χ4v) is 6.14. The summed E-state index contributed by atoms with van der Waals surface area (Å²) in [6, 6.07) is 14.9. The summed E-state index contributed by atoms with van der Waals surface area (Å²) >= 11 is 1.30. The number of carbonyl (C=O) groups excluding carboxylic acids is 3. The Labute approximate surface area is 273 Å². The Kier molecular flexibility index (Phi) is 10.8. The van der Waals surface area contributed by atoms with E-state index in [1.807, 2.05) is 24.3 Å². The van der Waals surface area contributed by atoms with Crippen molar-refractivity contribution in [1.82, 2.24) is 20.1 Å². The van der Waals surface area contributed by atoms with Gasteiger partial charge < -0.3 is 15.0 Å². The molecule has 1 fully saturated rings. The highest BCUT2D eigenvalue weighted by molar-refractivity contribution is 7.99. The van der Waals surface area contributed by atoms with Crippen molar-refractivity contribution in [3.63, 3.8) is 0 Å². The van der Waals surface area contributed by atoms with Gasteiger partial charge in [-0.2, -0.15) is 0 Å². The SMILES string of the molecule is C=C(C(=O)N1CCN(C(=O)OC(C)(C)C)C(C(=O)NCc2ccncc2)C1)c1ccc(Sc2ccccc2C(C)C)c([N+](=O)[O-])c1. The van der Waals surface area contributed by atoms with Gasteiger partial charge in [-0.1, -0.05) is 56.5 Å². The van der Waals surface area contributed by atoms with Crippen LogP contribution in [-0.2, 0) is 20.9 Å². The van der Waals surface area contributed by atoms with E-state index in [0.717, 1.165) is 16.0 Å². The molecular weight excluding hydrogens is 606 g/mol. The van der Waals surface area contributed by atoms with E-state index in [1.165, 1.54) is 27.6 Å². The van der Waals surface area contributed by atoms with Crippen LogP contribution in [0.4, 0.5) is 10.5 Å². The summed E-state index contributed by atoms with van der Waals surface area (Å²) in [5.74, 6) is -0.711. The van der Waals surface area contributed by atoms with E-state index in [4.69, 9.17) is 4.74 Å². The zero-order valence-corrected chi connectivity index (χ0v) is 27.5. The lowest BCUT2D eigenvalue weighted by Crippen LogP contribution is -2.62. The first-order valence-electron chi connectivity index (χ1n) is 14.9. The van der Waals surface area contributed by atoms with E-state index in [9.17, 15) is 24.5 Å². The van der Waals surface area contributed by atoms with Gasteiger partial charge in [0.2, 0.25) is 5.91 Å². The van der Waals surface area contributed by atoms with E-state index < -0.39 is 34.5 Å². The summed E-state index contributed by atoms with van der Waals surface area (Å²) in [6.07, 6.45) is 2.56. The molecule has 2 heterocycles. The fraction of sp³-hybridized carbons (Fsp3) is 0.353. The van der Waals surface area contributed by atoms with E-state index in [2.05, 4.69) is 30.7 Å². The molecule has 3 aromatic rings. The van der Waals surface area contributed by atoms with Crippen LogP contribution >= 0.6 is 11.8 Å². The van der Waals surface area contributed by atoms with Crippen LogP contribution < -0.4 is 5.32 Å². The molecule has 46 heavy (non-hydrogen) atoms.